The number of carbonyl (C=O) groups is 1. The third-order valence-electron chi connectivity index (χ3n) is 3.10. The Kier molecular flexibility index (Phi) is 4.80. The number of benzene rings is 1. The summed E-state index contributed by atoms with van der Waals surface area (Å²) in [6, 6.07) is 7.45. The van der Waals surface area contributed by atoms with Crippen LogP contribution in [0.15, 0.2) is 28.8 Å². The first kappa shape index (κ1) is 16.0. The third kappa shape index (κ3) is 4.07. The van der Waals surface area contributed by atoms with Crippen LogP contribution >= 0.6 is 0 Å². The van der Waals surface area contributed by atoms with Gasteiger partial charge in [0.25, 0.3) is 0 Å². The molecule has 1 N–H and O–H groups in total. The van der Waals surface area contributed by atoms with Gasteiger partial charge in [-0.3, -0.25) is 4.79 Å². The number of hydrogen-bond acceptors (Lipinski definition) is 5. The average molecular weight is 303 g/mol. The van der Waals surface area contributed by atoms with Gasteiger partial charge in [0.15, 0.2) is 0 Å². The monoisotopic (exact) mass is 303 g/mol. The average Bonchev–Trinajstić information content (AvgIpc) is 2.95. The van der Waals surface area contributed by atoms with E-state index in [9.17, 15) is 4.79 Å². The molecule has 1 amide bonds. The Balaban J connectivity index is 1.95. The van der Waals surface area contributed by atoms with Gasteiger partial charge in [0.2, 0.25) is 17.6 Å². The highest BCUT2D eigenvalue weighted by molar-refractivity contribution is 5.81. The fraction of sp³-hybridized carbons (Fsp3) is 0.438. The van der Waals surface area contributed by atoms with Gasteiger partial charge in [-0.1, -0.05) is 38.1 Å². The molecule has 118 valence electrons. The van der Waals surface area contributed by atoms with Gasteiger partial charge in [0.05, 0.1) is 7.11 Å². The molecule has 0 aliphatic heterocycles. The molecule has 0 atom stereocenters. The number of ether oxygens (including phenoxy) is 1. The fourth-order valence-corrected chi connectivity index (χ4v) is 1.78. The number of hydrogen-bond donors (Lipinski definition) is 1. The molecule has 0 spiro atoms. The van der Waals surface area contributed by atoms with Crippen molar-refractivity contribution in [2.24, 2.45) is 5.41 Å². The van der Waals surface area contributed by atoms with Gasteiger partial charge in [-0.15, -0.1) is 0 Å². The summed E-state index contributed by atoms with van der Waals surface area (Å²) in [6.07, 6.45) is 0.499. The first-order chi connectivity index (χ1) is 10.4. The maximum Gasteiger partial charge on any atom is 0.228 e. The second-order valence-electron chi connectivity index (χ2n) is 6.00. The van der Waals surface area contributed by atoms with Crippen LogP contribution < -0.4 is 10.1 Å². The Bertz CT molecular complexity index is 644. The fourth-order valence-electron chi connectivity index (χ4n) is 1.78. The van der Waals surface area contributed by atoms with E-state index in [0.29, 0.717) is 24.7 Å². The van der Waals surface area contributed by atoms with Crippen LogP contribution in [0, 0.1) is 5.41 Å². The molecule has 0 radical (unpaired) electrons. The summed E-state index contributed by atoms with van der Waals surface area (Å²) < 4.78 is 10.4. The van der Waals surface area contributed by atoms with E-state index in [4.69, 9.17) is 9.26 Å². The molecule has 1 heterocycles. The number of rotatable bonds is 5. The van der Waals surface area contributed by atoms with Gasteiger partial charge in [-0.05, 0) is 12.1 Å². The van der Waals surface area contributed by atoms with Crippen molar-refractivity contribution in [3.8, 4) is 17.1 Å². The highest BCUT2D eigenvalue weighted by Gasteiger charge is 2.20. The van der Waals surface area contributed by atoms with Crippen LogP contribution in [-0.2, 0) is 11.2 Å². The summed E-state index contributed by atoms with van der Waals surface area (Å²) >= 11 is 0. The maximum atomic E-state index is 11.8. The summed E-state index contributed by atoms with van der Waals surface area (Å²) in [5, 5.41) is 6.81. The third-order valence-corrected chi connectivity index (χ3v) is 3.10. The molecule has 0 saturated heterocycles. The van der Waals surface area contributed by atoms with Gasteiger partial charge < -0.3 is 14.6 Å². The van der Waals surface area contributed by atoms with Crippen molar-refractivity contribution in [2.75, 3.05) is 13.7 Å². The summed E-state index contributed by atoms with van der Waals surface area (Å²) in [4.78, 5) is 16.1. The second-order valence-corrected chi connectivity index (χ2v) is 6.00. The van der Waals surface area contributed by atoms with Crippen LogP contribution in [0.5, 0.6) is 5.75 Å². The molecule has 0 unspecified atom stereocenters. The molecule has 6 heteroatoms. The van der Waals surface area contributed by atoms with Crippen molar-refractivity contribution in [3.05, 3.63) is 30.2 Å². The normalized spacial score (nSPS) is 11.3. The molecule has 0 saturated carbocycles. The quantitative estimate of drug-likeness (QED) is 0.918. The minimum Gasteiger partial charge on any atom is -0.497 e. The van der Waals surface area contributed by atoms with Crippen molar-refractivity contribution in [1.29, 1.82) is 0 Å². The second kappa shape index (κ2) is 6.60. The van der Waals surface area contributed by atoms with Crippen LogP contribution in [0.4, 0.5) is 0 Å². The summed E-state index contributed by atoms with van der Waals surface area (Å²) in [5.74, 6) is 1.74. The molecule has 1 aromatic heterocycles. The molecule has 6 nitrogen and oxygen atoms in total. The van der Waals surface area contributed by atoms with E-state index >= 15 is 0 Å². The van der Waals surface area contributed by atoms with E-state index in [2.05, 4.69) is 15.5 Å². The van der Waals surface area contributed by atoms with Crippen molar-refractivity contribution >= 4 is 5.91 Å². The van der Waals surface area contributed by atoms with Crippen LogP contribution in [0.2, 0.25) is 0 Å². The van der Waals surface area contributed by atoms with E-state index < -0.39 is 5.41 Å². The minimum atomic E-state index is -0.402. The van der Waals surface area contributed by atoms with Crippen molar-refractivity contribution in [2.45, 2.75) is 27.2 Å². The lowest BCUT2D eigenvalue weighted by Gasteiger charge is -2.16. The summed E-state index contributed by atoms with van der Waals surface area (Å²) in [7, 11) is 1.61. The van der Waals surface area contributed by atoms with E-state index in [-0.39, 0.29) is 5.91 Å². The SMILES string of the molecule is COc1cccc(-c2noc(CCNC(=O)C(C)(C)C)n2)c1. The maximum absolute atomic E-state index is 11.8. The topological polar surface area (TPSA) is 77.3 Å². The number of carbonyl (C=O) groups excluding carboxylic acids is 1. The van der Waals surface area contributed by atoms with Crippen molar-refractivity contribution in [1.82, 2.24) is 15.5 Å². The molecule has 2 rings (SSSR count). The smallest absolute Gasteiger partial charge is 0.228 e. The van der Waals surface area contributed by atoms with Gasteiger partial charge in [-0.2, -0.15) is 4.98 Å². The molecular weight excluding hydrogens is 282 g/mol. The largest absolute Gasteiger partial charge is 0.497 e. The molecule has 0 aliphatic rings. The minimum absolute atomic E-state index is 0.0000320. The molecule has 1 aromatic carbocycles. The first-order valence-electron chi connectivity index (χ1n) is 7.15. The van der Waals surface area contributed by atoms with Crippen LogP contribution in [0.1, 0.15) is 26.7 Å². The first-order valence-corrected chi connectivity index (χ1v) is 7.15. The van der Waals surface area contributed by atoms with E-state index in [1.165, 1.54) is 0 Å². The Labute approximate surface area is 129 Å². The van der Waals surface area contributed by atoms with E-state index in [1.807, 2.05) is 45.0 Å². The number of amides is 1. The molecule has 2 aromatic rings. The Morgan fingerprint density at radius 1 is 1.36 bits per heavy atom. The summed E-state index contributed by atoms with van der Waals surface area (Å²) in [5.41, 5.74) is 0.425. The zero-order valence-corrected chi connectivity index (χ0v) is 13.3. The highest BCUT2D eigenvalue weighted by Crippen LogP contribution is 2.21. The number of aromatic nitrogens is 2. The Morgan fingerprint density at radius 2 is 2.14 bits per heavy atom. The molecule has 0 bridgehead atoms. The molecule has 0 aliphatic carbocycles. The zero-order valence-electron chi connectivity index (χ0n) is 13.3. The van der Waals surface area contributed by atoms with Gasteiger partial charge >= 0.3 is 0 Å². The number of nitrogens with zero attached hydrogens (tertiary/aromatic N) is 2. The predicted octanol–water partition coefficient (Wildman–Crippen LogP) is 2.45. The Morgan fingerprint density at radius 3 is 2.82 bits per heavy atom. The molecule has 0 fully saturated rings. The van der Waals surface area contributed by atoms with E-state index in [0.717, 1.165) is 11.3 Å². The van der Waals surface area contributed by atoms with Crippen molar-refractivity contribution < 1.29 is 14.1 Å². The predicted molar refractivity (Wildman–Crippen MR) is 82.5 cm³/mol. The lowest BCUT2D eigenvalue weighted by molar-refractivity contribution is -0.128. The van der Waals surface area contributed by atoms with Gasteiger partial charge in [0.1, 0.15) is 5.75 Å². The van der Waals surface area contributed by atoms with Crippen LogP contribution in [0.3, 0.4) is 0 Å². The molecule has 22 heavy (non-hydrogen) atoms. The lowest BCUT2D eigenvalue weighted by Crippen LogP contribution is -2.35. The standard InChI is InChI=1S/C16H21N3O3/c1-16(2,3)15(20)17-9-8-13-18-14(19-22-13)11-6-5-7-12(10-11)21-4/h5-7,10H,8-9H2,1-4H3,(H,17,20). The van der Waals surface area contributed by atoms with Gasteiger partial charge in [-0.25, -0.2) is 0 Å². The Hall–Kier alpha value is -2.37. The highest BCUT2D eigenvalue weighted by atomic mass is 16.5. The molecular formula is C16H21N3O3. The van der Waals surface area contributed by atoms with Crippen LogP contribution in [0.25, 0.3) is 11.4 Å². The van der Waals surface area contributed by atoms with Crippen LogP contribution in [-0.4, -0.2) is 29.7 Å². The van der Waals surface area contributed by atoms with Gasteiger partial charge in [0, 0.05) is 23.9 Å². The lowest BCUT2D eigenvalue weighted by atomic mass is 9.96. The van der Waals surface area contributed by atoms with Crippen molar-refractivity contribution in [3.63, 3.8) is 0 Å². The zero-order chi connectivity index (χ0) is 16.2. The van der Waals surface area contributed by atoms with E-state index in [1.54, 1.807) is 7.11 Å². The summed E-state index contributed by atoms with van der Waals surface area (Å²) in [6.45, 7) is 6.08. The number of methoxy groups -OCH3 is 1. The number of nitrogens with one attached hydrogen (secondary N) is 1.